The predicted octanol–water partition coefficient (Wildman–Crippen LogP) is 1.48. The predicted molar refractivity (Wildman–Crippen MR) is 104 cm³/mol. The van der Waals surface area contributed by atoms with Gasteiger partial charge in [0.2, 0.25) is 6.79 Å². The van der Waals surface area contributed by atoms with Gasteiger partial charge in [-0.2, -0.15) is 5.10 Å². The maximum atomic E-state index is 12.7. The molecule has 1 atom stereocenters. The summed E-state index contributed by atoms with van der Waals surface area (Å²) in [6.45, 7) is 3.92. The fourth-order valence-electron chi connectivity index (χ4n) is 3.27. The molecule has 9 nitrogen and oxygen atoms in total. The summed E-state index contributed by atoms with van der Waals surface area (Å²) >= 11 is 0. The van der Waals surface area contributed by atoms with Crippen LogP contribution in [0.25, 0.3) is 11.0 Å². The monoisotopic (exact) mass is 398 g/mol. The third-order valence-electron chi connectivity index (χ3n) is 4.63. The molecule has 0 bridgehead atoms. The van der Waals surface area contributed by atoms with E-state index < -0.39 is 6.10 Å². The number of aliphatic hydroxyl groups is 1. The van der Waals surface area contributed by atoms with Crippen LogP contribution in [0.5, 0.6) is 17.2 Å². The Bertz CT molecular complexity index is 1080. The maximum absolute atomic E-state index is 12.7. The molecule has 1 aliphatic heterocycles. The Hall–Kier alpha value is -3.33. The van der Waals surface area contributed by atoms with E-state index in [-0.39, 0.29) is 25.9 Å². The second-order valence-corrected chi connectivity index (χ2v) is 6.91. The van der Waals surface area contributed by atoms with Gasteiger partial charge in [-0.25, -0.2) is 4.98 Å². The van der Waals surface area contributed by atoms with Crippen LogP contribution in [-0.4, -0.2) is 51.8 Å². The van der Waals surface area contributed by atoms with Crippen LogP contribution in [0.1, 0.15) is 21.7 Å². The molecule has 3 heterocycles. The number of aliphatic hydroxyl groups excluding tert-OH is 1. The molecule has 1 aliphatic rings. The largest absolute Gasteiger partial charge is 0.491 e. The Balaban J connectivity index is 1.38. The van der Waals surface area contributed by atoms with Crippen molar-refractivity contribution in [3.63, 3.8) is 0 Å². The molecule has 2 N–H and O–H groups in total. The van der Waals surface area contributed by atoms with Crippen molar-refractivity contribution in [3.05, 3.63) is 41.2 Å². The van der Waals surface area contributed by atoms with Gasteiger partial charge in [0.05, 0.1) is 16.6 Å². The van der Waals surface area contributed by atoms with E-state index >= 15 is 0 Å². The first-order valence-electron chi connectivity index (χ1n) is 9.22. The zero-order chi connectivity index (χ0) is 20.5. The SMILES string of the molecule is Cc1cc(C(=O)NCC(O)COc2ccc3c(c2)OCO3)c2c(C)nn(C)c2n1. The number of aromatic nitrogens is 3. The number of pyridine rings is 1. The first-order valence-corrected chi connectivity index (χ1v) is 9.22. The normalized spacial score (nSPS) is 13.5. The van der Waals surface area contributed by atoms with Gasteiger partial charge >= 0.3 is 0 Å². The minimum absolute atomic E-state index is 0.0244. The summed E-state index contributed by atoms with van der Waals surface area (Å²) in [5, 5.41) is 18.0. The average Bonchev–Trinajstić information content (AvgIpc) is 3.27. The number of ether oxygens (including phenoxy) is 3. The number of benzene rings is 1. The molecular formula is C20H22N4O5. The first-order chi connectivity index (χ1) is 13.9. The molecule has 0 radical (unpaired) electrons. The van der Waals surface area contributed by atoms with Crippen LogP contribution >= 0.6 is 0 Å². The smallest absolute Gasteiger partial charge is 0.252 e. The molecule has 0 saturated carbocycles. The Kier molecular flexibility index (Phi) is 4.98. The number of amides is 1. The summed E-state index contributed by atoms with van der Waals surface area (Å²) in [6, 6.07) is 6.91. The van der Waals surface area contributed by atoms with E-state index in [0.717, 1.165) is 11.4 Å². The van der Waals surface area contributed by atoms with Gasteiger partial charge in [-0.15, -0.1) is 0 Å². The van der Waals surface area contributed by atoms with Crippen LogP contribution in [0.2, 0.25) is 0 Å². The molecule has 0 fully saturated rings. The zero-order valence-corrected chi connectivity index (χ0v) is 16.4. The molecule has 3 aromatic rings. The topological polar surface area (TPSA) is 108 Å². The Labute approximate surface area is 167 Å². The van der Waals surface area contributed by atoms with Crippen LogP contribution in [0.3, 0.4) is 0 Å². The van der Waals surface area contributed by atoms with E-state index in [0.29, 0.717) is 33.8 Å². The second-order valence-electron chi connectivity index (χ2n) is 6.91. The summed E-state index contributed by atoms with van der Waals surface area (Å²) in [5.74, 6) is 1.53. The third kappa shape index (κ3) is 3.81. The Morgan fingerprint density at radius 1 is 1.31 bits per heavy atom. The zero-order valence-electron chi connectivity index (χ0n) is 16.4. The van der Waals surface area contributed by atoms with Crippen LogP contribution in [-0.2, 0) is 7.05 Å². The third-order valence-corrected chi connectivity index (χ3v) is 4.63. The maximum Gasteiger partial charge on any atom is 0.252 e. The molecule has 0 aliphatic carbocycles. The van der Waals surface area contributed by atoms with Crippen molar-refractivity contribution in [1.82, 2.24) is 20.1 Å². The van der Waals surface area contributed by atoms with Crippen molar-refractivity contribution in [3.8, 4) is 17.2 Å². The molecule has 1 aromatic carbocycles. The van der Waals surface area contributed by atoms with Crippen molar-refractivity contribution < 1.29 is 24.1 Å². The number of fused-ring (bicyclic) bond motifs is 2. The van der Waals surface area contributed by atoms with E-state index in [1.165, 1.54) is 0 Å². The van der Waals surface area contributed by atoms with Gasteiger partial charge in [0.1, 0.15) is 18.5 Å². The number of carbonyl (C=O) groups is 1. The van der Waals surface area contributed by atoms with Gasteiger partial charge in [-0.05, 0) is 32.0 Å². The van der Waals surface area contributed by atoms with Gasteiger partial charge in [-0.3, -0.25) is 9.48 Å². The molecular weight excluding hydrogens is 376 g/mol. The number of carbonyl (C=O) groups excluding carboxylic acids is 1. The van der Waals surface area contributed by atoms with Crippen LogP contribution in [0, 0.1) is 13.8 Å². The van der Waals surface area contributed by atoms with Gasteiger partial charge < -0.3 is 24.6 Å². The number of rotatable bonds is 6. The van der Waals surface area contributed by atoms with E-state index in [1.54, 1.807) is 36.0 Å². The lowest BCUT2D eigenvalue weighted by molar-refractivity contribution is 0.0844. The van der Waals surface area contributed by atoms with Crippen molar-refractivity contribution >= 4 is 16.9 Å². The summed E-state index contributed by atoms with van der Waals surface area (Å²) in [5.41, 5.74) is 2.59. The van der Waals surface area contributed by atoms with E-state index in [2.05, 4.69) is 15.4 Å². The summed E-state index contributed by atoms with van der Waals surface area (Å²) in [6.07, 6.45) is -0.877. The van der Waals surface area contributed by atoms with Crippen molar-refractivity contribution in [1.29, 1.82) is 0 Å². The Morgan fingerprint density at radius 2 is 2.10 bits per heavy atom. The summed E-state index contributed by atoms with van der Waals surface area (Å²) in [4.78, 5) is 17.2. The highest BCUT2D eigenvalue weighted by Crippen LogP contribution is 2.35. The second kappa shape index (κ2) is 7.59. The van der Waals surface area contributed by atoms with E-state index in [1.807, 2.05) is 13.8 Å². The minimum atomic E-state index is -0.877. The highest BCUT2D eigenvalue weighted by Gasteiger charge is 2.19. The lowest BCUT2D eigenvalue weighted by atomic mass is 10.1. The number of hydrogen-bond donors (Lipinski definition) is 2. The lowest BCUT2D eigenvalue weighted by Gasteiger charge is -2.14. The lowest BCUT2D eigenvalue weighted by Crippen LogP contribution is -2.35. The molecule has 0 spiro atoms. The minimum Gasteiger partial charge on any atom is -0.491 e. The summed E-state index contributed by atoms with van der Waals surface area (Å²) in [7, 11) is 1.79. The molecule has 4 rings (SSSR count). The summed E-state index contributed by atoms with van der Waals surface area (Å²) < 4.78 is 17.8. The van der Waals surface area contributed by atoms with Gasteiger partial charge in [0.25, 0.3) is 5.91 Å². The first kappa shape index (κ1) is 19.0. The fourth-order valence-corrected chi connectivity index (χ4v) is 3.27. The number of hydrogen-bond acceptors (Lipinski definition) is 7. The number of nitrogens with one attached hydrogen (secondary N) is 1. The van der Waals surface area contributed by atoms with Crippen molar-refractivity contribution in [2.75, 3.05) is 19.9 Å². The van der Waals surface area contributed by atoms with Gasteiger partial charge in [0, 0.05) is 25.4 Å². The molecule has 9 heteroatoms. The standard InChI is InChI=1S/C20H22N4O5/c1-11-6-15(18-12(2)23-24(3)19(18)22-11)20(26)21-8-13(25)9-27-14-4-5-16-17(7-14)29-10-28-16/h4-7,13,25H,8-10H2,1-3H3,(H,21,26). The van der Waals surface area contributed by atoms with Crippen molar-refractivity contribution in [2.45, 2.75) is 20.0 Å². The number of aryl methyl sites for hydroxylation is 3. The van der Waals surface area contributed by atoms with Crippen LogP contribution in [0.15, 0.2) is 24.3 Å². The van der Waals surface area contributed by atoms with Crippen LogP contribution in [0.4, 0.5) is 0 Å². The van der Waals surface area contributed by atoms with Crippen LogP contribution < -0.4 is 19.5 Å². The average molecular weight is 398 g/mol. The molecule has 152 valence electrons. The van der Waals surface area contributed by atoms with Gasteiger partial charge in [-0.1, -0.05) is 0 Å². The van der Waals surface area contributed by atoms with E-state index in [9.17, 15) is 9.90 Å². The van der Waals surface area contributed by atoms with E-state index in [4.69, 9.17) is 14.2 Å². The molecule has 1 unspecified atom stereocenters. The Morgan fingerprint density at radius 3 is 2.93 bits per heavy atom. The fraction of sp³-hybridized carbons (Fsp3) is 0.350. The molecule has 0 saturated heterocycles. The highest BCUT2D eigenvalue weighted by atomic mass is 16.7. The molecule has 1 amide bonds. The highest BCUT2D eigenvalue weighted by molar-refractivity contribution is 6.06. The quantitative estimate of drug-likeness (QED) is 0.648. The molecule has 2 aromatic heterocycles. The molecule has 29 heavy (non-hydrogen) atoms. The van der Waals surface area contributed by atoms with Gasteiger partial charge in [0.15, 0.2) is 17.1 Å². The van der Waals surface area contributed by atoms with Crippen molar-refractivity contribution in [2.24, 2.45) is 7.05 Å². The number of nitrogens with zero attached hydrogens (tertiary/aromatic N) is 3.